The van der Waals surface area contributed by atoms with Crippen molar-refractivity contribution >= 4 is 11.6 Å². The molecule has 1 heterocycles. The van der Waals surface area contributed by atoms with Crippen molar-refractivity contribution in [3.63, 3.8) is 0 Å². The van der Waals surface area contributed by atoms with E-state index in [1.165, 1.54) is 11.1 Å². The Bertz CT molecular complexity index is 1250. The van der Waals surface area contributed by atoms with Crippen molar-refractivity contribution in [2.45, 2.75) is 39.3 Å². The van der Waals surface area contributed by atoms with Gasteiger partial charge >= 0.3 is 0 Å². The van der Waals surface area contributed by atoms with Gasteiger partial charge in [0, 0.05) is 31.0 Å². The Hall–Kier alpha value is -3.80. The lowest BCUT2D eigenvalue weighted by molar-refractivity contribution is -0.115. The third kappa shape index (κ3) is 8.38. The SMILES string of the molecule is Cc1cc(C)nc(CC(=O)Nc2ccc(CCN(Cc3ccccc3)C[C@H](O)c3ccccc3)cc2)c1. The Morgan fingerprint density at radius 2 is 1.57 bits per heavy atom. The van der Waals surface area contributed by atoms with Gasteiger partial charge in [-0.3, -0.25) is 14.7 Å². The minimum absolute atomic E-state index is 0.0748. The lowest BCUT2D eigenvalue weighted by Crippen LogP contribution is -2.30. The molecule has 5 heteroatoms. The molecule has 0 saturated carbocycles. The van der Waals surface area contributed by atoms with E-state index in [0.29, 0.717) is 6.54 Å². The van der Waals surface area contributed by atoms with Crippen LogP contribution in [0, 0.1) is 13.8 Å². The van der Waals surface area contributed by atoms with Crippen LogP contribution in [0.5, 0.6) is 0 Å². The molecule has 5 nitrogen and oxygen atoms in total. The van der Waals surface area contributed by atoms with Crippen molar-refractivity contribution < 1.29 is 9.90 Å². The highest BCUT2D eigenvalue weighted by atomic mass is 16.3. The average Bonchev–Trinajstić information content (AvgIpc) is 2.88. The fourth-order valence-corrected chi connectivity index (χ4v) is 4.53. The van der Waals surface area contributed by atoms with E-state index in [0.717, 1.165) is 47.7 Å². The van der Waals surface area contributed by atoms with E-state index < -0.39 is 6.10 Å². The van der Waals surface area contributed by atoms with Crippen LogP contribution in [0.15, 0.2) is 97.1 Å². The van der Waals surface area contributed by atoms with Crippen molar-refractivity contribution in [3.05, 3.63) is 131 Å². The lowest BCUT2D eigenvalue weighted by atomic mass is 10.1. The molecule has 0 aliphatic rings. The number of aliphatic hydroxyl groups excluding tert-OH is 1. The molecule has 37 heavy (non-hydrogen) atoms. The van der Waals surface area contributed by atoms with Crippen LogP contribution in [0.2, 0.25) is 0 Å². The zero-order valence-electron chi connectivity index (χ0n) is 21.6. The maximum Gasteiger partial charge on any atom is 0.230 e. The Balaban J connectivity index is 1.34. The number of benzene rings is 3. The van der Waals surface area contributed by atoms with Crippen molar-refractivity contribution in [3.8, 4) is 0 Å². The zero-order chi connectivity index (χ0) is 26.0. The Labute approximate surface area is 219 Å². The largest absolute Gasteiger partial charge is 0.387 e. The fourth-order valence-electron chi connectivity index (χ4n) is 4.53. The average molecular weight is 494 g/mol. The van der Waals surface area contributed by atoms with E-state index in [1.54, 1.807) is 0 Å². The summed E-state index contributed by atoms with van der Waals surface area (Å²) in [5, 5.41) is 13.8. The second kappa shape index (κ2) is 12.9. The number of aliphatic hydroxyl groups is 1. The molecule has 0 spiro atoms. The van der Waals surface area contributed by atoms with Gasteiger partial charge in [0.25, 0.3) is 0 Å². The summed E-state index contributed by atoms with van der Waals surface area (Å²) in [6.45, 7) is 6.09. The molecular formula is C32H35N3O2. The summed E-state index contributed by atoms with van der Waals surface area (Å²) in [6, 6.07) is 32.1. The quantitative estimate of drug-likeness (QED) is 0.283. The van der Waals surface area contributed by atoms with Gasteiger partial charge in [-0.05, 0) is 66.8 Å². The molecule has 4 aromatic rings. The van der Waals surface area contributed by atoms with E-state index in [4.69, 9.17) is 0 Å². The number of nitrogens with zero attached hydrogens (tertiary/aromatic N) is 2. The molecule has 2 N–H and O–H groups in total. The van der Waals surface area contributed by atoms with E-state index in [-0.39, 0.29) is 12.3 Å². The summed E-state index contributed by atoms with van der Waals surface area (Å²) in [7, 11) is 0. The predicted molar refractivity (Wildman–Crippen MR) is 149 cm³/mol. The first-order chi connectivity index (χ1) is 17.9. The van der Waals surface area contributed by atoms with Gasteiger partial charge in [0.05, 0.1) is 18.2 Å². The summed E-state index contributed by atoms with van der Waals surface area (Å²) >= 11 is 0. The standard InChI is InChI=1S/C32H35N3O2/c1-24-19-25(2)33-30(20-24)21-32(37)34-29-15-13-26(14-16-29)17-18-35(22-27-9-5-3-6-10-27)23-31(36)28-11-7-4-8-12-28/h3-16,19-20,31,36H,17-18,21-23H2,1-2H3,(H,34,37)/t31-/m0/s1. The molecule has 0 fully saturated rings. The highest BCUT2D eigenvalue weighted by molar-refractivity contribution is 5.92. The number of amides is 1. The predicted octanol–water partition coefficient (Wildman–Crippen LogP) is 5.66. The number of pyridine rings is 1. The topological polar surface area (TPSA) is 65.5 Å². The molecule has 0 radical (unpaired) electrons. The molecule has 190 valence electrons. The van der Waals surface area contributed by atoms with E-state index >= 15 is 0 Å². The molecule has 0 aliphatic carbocycles. The van der Waals surface area contributed by atoms with Crippen LogP contribution in [0.3, 0.4) is 0 Å². The molecule has 3 aromatic carbocycles. The summed E-state index contributed by atoms with van der Waals surface area (Å²) in [5.41, 5.74) is 6.92. The number of rotatable bonds is 11. The number of aromatic nitrogens is 1. The lowest BCUT2D eigenvalue weighted by Gasteiger charge is -2.25. The second-order valence-corrected chi connectivity index (χ2v) is 9.60. The highest BCUT2D eigenvalue weighted by Crippen LogP contribution is 2.17. The van der Waals surface area contributed by atoms with E-state index in [9.17, 15) is 9.90 Å². The maximum atomic E-state index is 12.5. The molecule has 1 atom stereocenters. The van der Waals surface area contributed by atoms with Crippen LogP contribution in [0.1, 0.15) is 39.7 Å². The summed E-state index contributed by atoms with van der Waals surface area (Å²) in [6.07, 6.45) is 0.548. The number of carbonyl (C=O) groups is 1. The number of anilines is 1. The fraction of sp³-hybridized carbons (Fsp3) is 0.250. The van der Waals surface area contributed by atoms with Crippen molar-refractivity contribution in [1.29, 1.82) is 0 Å². The van der Waals surface area contributed by atoms with Gasteiger partial charge in [-0.15, -0.1) is 0 Å². The minimum atomic E-state index is -0.547. The zero-order valence-corrected chi connectivity index (χ0v) is 21.6. The Kier molecular flexibility index (Phi) is 9.19. The first kappa shape index (κ1) is 26.3. The first-order valence-electron chi connectivity index (χ1n) is 12.8. The number of nitrogens with one attached hydrogen (secondary N) is 1. The molecule has 4 rings (SSSR count). The monoisotopic (exact) mass is 493 g/mol. The van der Waals surface area contributed by atoms with Crippen LogP contribution < -0.4 is 5.32 Å². The summed E-state index contributed by atoms with van der Waals surface area (Å²) in [4.78, 5) is 19.3. The summed E-state index contributed by atoms with van der Waals surface area (Å²) < 4.78 is 0. The van der Waals surface area contributed by atoms with Gasteiger partial charge < -0.3 is 10.4 Å². The molecule has 0 bridgehead atoms. The molecule has 0 saturated heterocycles. The molecular weight excluding hydrogens is 458 g/mol. The van der Waals surface area contributed by atoms with Gasteiger partial charge in [0.1, 0.15) is 0 Å². The van der Waals surface area contributed by atoms with E-state index in [1.807, 2.05) is 86.6 Å². The Morgan fingerprint density at radius 1 is 0.892 bits per heavy atom. The smallest absolute Gasteiger partial charge is 0.230 e. The normalized spacial score (nSPS) is 11.9. The first-order valence-corrected chi connectivity index (χ1v) is 12.8. The molecule has 1 aromatic heterocycles. The van der Waals surface area contributed by atoms with Crippen LogP contribution >= 0.6 is 0 Å². The van der Waals surface area contributed by atoms with Crippen molar-refractivity contribution in [2.75, 3.05) is 18.4 Å². The molecule has 0 unspecified atom stereocenters. The maximum absolute atomic E-state index is 12.5. The highest BCUT2D eigenvalue weighted by Gasteiger charge is 2.14. The van der Waals surface area contributed by atoms with Crippen molar-refractivity contribution in [1.82, 2.24) is 9.88 Å². The minimum Gasteiger partial charge on any atom is -0.387 e. The van der Waals surface area contributed by atoms with Crippen LogP contribution in [0.25, 0.3) is 0 Å². The number of hydrogen-bond donors (Lipinski definition) is 2. The third-order valence-electron chi connectivity index (χ3n) is 6.31. The van der Waals surface area contributed by atoms with Crippen molar-refractivity contribution in [2.24, 2.45) is 0 Å². The van der Waals surface area contributed by atoms with Crippen LogP contribution in [0.4, 0.5) is 5.69 Å². The third-order valence-corrected chi connectivity index (χ3v) is 6.31. The Morgan fingerprint density at radius 3 is 2.24 bits per heavy atom. The number of carbonyl (C=O) groups excluding carboxylic acids is 1. The van der Waals surface area contributed by atoms with E-state index in [2.05, 4.69) is 39.5 Å². The van der Waals surface area contributed by atoms with Gasteiger partial charge in [-0.1, -0.05) is 72.8 Å². The van der Waals surface area contributed by atoms with Gasteiger partial charge in [-0.2, -0.15) is 0 Å². The molecule has 0 aliphatic heterocycles. The van der Waals surface area contributed by atoms with Gasteiger partial charge in [0.15, 0.2) is 0 Å². The van der Waals surface area contributed by atoms with Gasteiger partial charge in [0.2, 0.25) is 5.91 Å². The number of aryl methyl sites for hydroxylation is 2. The van der Waals surface area contributed by atoms with Crippen LogP contribution in [-0.4, -0.2) is 34.0 Å². The second-order valence-electron chi connectivity index (χ2n) is 9.60. The van der Waals surface area contributed by atoms with Gasteiger partial charge in [-0.25, -0.2) is 0 Å². The number of hydrogen-bond acceptors (Lipinski definition) is 4. The van der Waals surface area contributed by atoms with Crippen LogP contribution in [-0.2, 0) is 24.2 Å². The summed E-state index contributed by atoms with van der Waals surface area (Å²) in [5.74, 6) is -0.0748. The molecule has 1 amide bonds.